The molecule has 2 fully saturated rings. The Balaban J connectivity index is 1.36. The molecule has 5 rings (SSSR count). The van der Waals surface area contributed by atoms with E-state index in [1.165, 1.54) is 23.1 Å². The summed E-state index contributed by atoms with van der Waals surface area (Å²) in [6.07, 6.45) is 0. The third kappa shape index (κ3) is 3.95. The fraction of sp³-hybridized carbons (Fsp3) is 0.214. The van der Waals surface area contributed by atoms with Crippen molar-refractivity contribution in [3.63, 3.8) is 0 Å². The maximum atomic E-state index is 14.2. The van der Waals surface area contributed by atoms with Crippen LogP contribution in [0.5, 0.6) is 0 Å². The molecule has 0 unspecified atom stereocenters. The van der Waals surface area contributed by atoms with Gasteiger partial charge in [0.2, 0.25) is 5.91 Å². The van der Waals surface area contributed by atoms with Gasteiger partial charge in [0.15, 0.2) is 0 Å². The summed E-state index contributed by atoms with van der Waals surface area (Å²) >= 11 is 0. The van der Waals surface area contributed by atoms with Gasteiger partial charge < -0.3 is 14.9 Å². The average Bonchev–Trinajstić information content (AvgIpc) is 2.85. The Hall–Kier alpha value is -3.95. The summed E-state index contributed by atoms with van der Waals surface area (Å²) in [7, 11) is 0. The molecule has 0 radical (unpaired) electrons. The van der Waals surface area contributed by atoms with E-state index in [2.05, 4.69) is 11.8 Å². The lowest BCUT2D eigenvalue weighted by atomic mass is 9.73. The number of piperazine rings is 1. The standard InChI is InChI=1S/C28H23FN2O3/c29-23-9-5-4-8-22(23)28(34)30-16-24-27(25(18-32)31(24)26(33)17-30)21-14-12-20(13-15-21)11-10-19-6-2-1-3-7-19/h1-9,12-15,24-25,27,32H,16-18H2/t24-,25-,27-/m1/s1. The highest BCUT2D eigenvalue weighted by atomic mass is 19.1. The van der Waals surface area contributed by atoms with Gasteiger partial charge in [-0.1, -0.05) is 54.3 Å². The smallest absolute Gasteiger partial charge is 0.257 e. The van der Waals surface area contributed by atoms with Crippen LogP contribution < -0.4 is 0 Å². The van der Waals surface area contributed by atoms with Crippen LogP contribution in [0.3, 0.4) is 0 Å². The molecule has 3 atom stereocenters. The molecule has 2 saturated heterocycles. The van der Waals surface area contributed by atoms with Crippen molar-refractivity contribution in [2.75, 3.05) is 19.7 Å². The van der Waals surface area contributed by atoms with E-state index in [1.54, 1.807) is 11.0 Å². The zero-order valence-electron chi connectivity index (χ0n) is 18.4. The van der Waals surface area contributed by atoms with Crippen LogP contribution in [-0.4, -0.2) is 58.5 Å². The van der Waals surface area contributed by atoms with Crippen molar-refractivity contribution in [1.29, 1.82) is 0 Å². The average molecular weight is 455 g/mol. The van der Waals surface area contributed by atoms with E-state index >= 15 is 0 Å². The van der Waals surface area contributed by atoms with Gasteiger partial charge in [-0.2, -0.15) is 0 Å². The van der Waals surface area contributed by atoms with E-state index < -0.39 is 11.7 Å². The van der Waals surface area contributed by atoms with Crippen LogP contribution in [-0.2, 0) is 4.79 Å². The van der Waals surface area contributed by atoms with Gasteiger partial charge in [-0.25, -0.2) is 4.39 Å². The highest BCUT2D eigenvalue weighted by molar-refractivity contribution is 5.97. The van der Waals surface area contributed by atoms with E-state index in [0.29, 0.717) is 0 Å². The summed E-state index contributed by atoms with van der Waals surface area (Å²) in [6.45, 7) is 0.000268. The molecule has 3 aromatic carbocycles. The molecule has 5 nitrogen and oxygen atoms in total. The predicted octanol–water partition coefficient (Wildman–Crippen LogP) is 3.04. The second-order valence-electron chi connectivity index (χ2n) is 8.55. The number of hydrogen-bond donors (Lipinski definition) is 1. The van der Waals surface area contributed by atoms with Gasteiger partial charge in [0, 0.05) is 23.6 Å². The minimum atomic E-state index is -0.604. The Labute approximate surface area is 197 Å². The van der Waals surface area contributed by atoms with Gasteiger partial charge in [-0.15, -0.1) is 0 Å². The van der Waals surface area contributed by atoms with Crippen LogP contribution in [0.15, 0.2) is 78.9 Å². The van der Waals surface area contributed by atoms with E-state index in [4.69, 9.17) is 0 Å². The van der Waals surface area contributed by atoms with Crippen molar-refractivity contribution in [3.8, 4) is 11.8 Å². The summed E-state index contributed by atoms with van der Waals surface area (Å²) < 4.78 is 14.2. The molecular formula is C28H23FN2O3. The summed E-state index contributed by atoms with van der Waals surface area (Å²) in [4.78, 5) is 28.8. The maximum Gasteiger partial charge on any atom is 0.257 e. The lowest BCUT2D eigenvalue weighted by Gasteiger charge is -2.58. The number of aliphatic hydroxyl groups is 1. The molecule has 6 heteroatoms. The van der Waals surface area contributed by atoms with E-state index in [1.807, 2.05) is 54.6 Å². The predicted molar refractivity (Wildman–Crippen MR) is 125 cm³/mol. The Morgan fingerprint density at radius 3 is 2.26 bits per heavy atom. The van der Waals surface area contributed by atoms with Gasteiger partial charge in [0.25, 0.3) is 5.91 Å². The first-order valence-corrected chi connectivity index (χ1v) is 11.2. The molecule has 34 heavy (non-hydrogen) atoms. The Bertz CT molecular complexity index is 1280. The van der Waals surface area contributed by atoms with Crippen LogP contribution in [0.1, 0.15) is 33.0 Å². The summed E-state index contributed by atoms with van der Waals surface area (Å²) in [6, 6.07) is 22.7. The Kier molecular flexibility index (Phi) is 5.87. The largest absolute Gasteiger partial charge is 0.394 e. The molecule has 0 bridgehead atoms. The minimum Gasteiger partial charge on any atom is -0.394 e. The van der Waals surface area contributed by atoms with Crippen molar-refractivity contribution in [1.82, 2.24) is 9.80 Å². The van der Waals surface area contributed by atoms with Gasteiger partial charge in [-0.05, 0) is 42.0 Å². The van der Waals surface area contributed by atoms with Gasteiger partial charge in [0.05, 0.1) is 24.3 Å². The van der Waals surface area contributed by atoms with Crippen LogP contribution >= 0.6 is 0 Å². The summed E-state index contributed by atoms with van der Waals surface area (Å²) in [5, 5.41) is 9.98. The van der Waals surface area contributed by atoms with E-state index in [-0.39, 0.29) is 49.2 Å². The third-order valence-corrected chi connectivity index (χ3v) is 6.56. The van der Waals surface area contributed by atoms with Gasteiger partial charge >= 0.3 is 0 Å². The van der Waals surface area contributed by atoms with Crippen molar-refractivity contribution in [2.45, 2.75) is 18.0 Å². The number of aliphatic hydroxyl groups excluding tert-OH is 1. The zero-order valence-corrected chi connectivity index (χ0v) is 18.4. The summed E-state index contributed by atoms with van der Waals surface area (Å²) in [5.74, 6) is 4.82. The molecule has 2 heterocycles. The number of fused-ring (bicyclic) bond motifs is 1. The number of hydrogen-bond acceptors (Lipinski definition) is 3. The van der Waals surface area contributed by atoms with Crippen LogP contribution in [0.4, 0.5) is 4.39 Å². The van der Waals surface area contributed by atoms with Gasteiger partial charge in [0.1, 0.15) is 12.4 Å². The highest BCUT2D eigenvalue weighted by Gasteiger charge is 2.54. The molecule has 170 valence electrons. The topological polar surface area (TPSA) is 60.9 Å². The maximum absolute atomic E-state index is 14.2. The number of carbonyl (C=O) groups excluding carboxylic acids is 2. The third-order valence-electron chi connectivity index (χ3n) is 6.56. The molecule has 0 spiro atoms. The molecule has 0 aromatic heterocycles. The van der Waals surface area contributed by atoms with Crippen LogP contribution in [0.25, 0.3) is 0 Å². The van der Waals surface area contributed by atoms with Crippen LogP contribution in [0, 0.1) is 17.7 Å². The lowest BCUT2D eigenvalue weighted by Crippen LogP contribution is -2.73. The highest BCUT2D eigenvalue weighted by Crippen LogP contribution is 2.43. The fourth-order valence-electron chi connectivity index (χ4n) is 4.91. The molecule has 3 aromatic rings. The second-order valence-corrected chi connectivity index (χ2v) is 8.55. The van der Waals surface area contributed by atoms with Crippen LogP contribution in [0.2, 0.25) is 0 Å². The SMILES string of the molecule is O=C(c1ccccc1F)N1CC(=O)N2[C@H](CO)[C@H](c3ccc(C#Cc4ccccc4)cc3)[C@H]2C1. The summed E-state index contributed by atoms with van der Waals surface area (Å²) in [5.41, 5.74) is 2.72. The molecule has 2 amide bonds. The number of nitrogens with zero attached hydrogens (tertiary/aromatic N) is 2. The van der Waals surface area contributed by atoms with E-state index in [0.717, 1.165) is 16.7 Å². The lowest BCUT2D eigenvalue weighted by molar-refractivity contribution is -0.159. The Morgan fingerprint density at radius 1 is 0.941 bits per heavy atom. The zero-order chi connectivity index (χ0) is 23.7. The number of amides is 2. The second kappa shape index (κ2) is 9.12. The molecule has 0 saturated carbocycles. The number of halogens is 1. The van der Waals surface area contributed by atoms with Crippen molar-refractivity contribution in [2.24, 2.45) is 0 Å². The number of carbonyl (C=O) groups is 2. The molecular weight excluding hydrogens is 431 g/mol. The first-order valence-electron chi connectivity index (χ1n) is 11.2. The van der Waals surface area contributed by atoms with Gasteiger partial charge in [-0.3, -0.25) is 9.59 Å². The quantitative estimate of drug-likeness (QED) is 0.619. The van der Waals surface area contributed by atoms with E-state index in [9.17, 15) is 19.1 Å². The minimum absolute atomic E-state index is 0.0420. The molecule has 1 N–H and O–H groups in total. The number of rotatable bonds is 3. The molecule has 2 aliphatic rings. The Morgan fingerprint density at radius 2 is 1.59 bits per heavy atom. The number of benzene rings is 3. The van der Waals surface area contributed by atoms with Crippen molar-refractivity contribution in [3.05, 3.63) is 107 Å². The van der Waals surface area contributed by atoms with Crippen molar-refractivity contribution >= 4 is 11.8 Å². The monoisotopic (exact) mass is 454 g/mol. The first-order chi connectivity index (χ1) is 16.6. The first kappa shape index (κ1) is 21.9. The fourth-order valence-corrected chi connectivity index (χ4v) is 4.91. The van der Waals surface area contributed by atoms with Crippen molar-refractivity contribution < 1.29 is 19.1 Å². The normalized spacial score (nSPS) is 21.2. The molecule has 0 aliphatic carbocycles. The molecule has 2 aliphatic heterocycles.